The highest BCUT2D eigenvalue weighted by Crippen LogP contribution is 2.21. The molecule has 0 atom stereocenters. The van der Waals surface area contributed by atoms with Gasteiger partial charge >= 0.3 is 0 Å². The van der Waals surface area contributed by atoms with Gasteiger partial charge in [-0.15, -0.1) is 0 Å². The van der Waals surface area contributed by atoms with Crippen LogP contribution in [0.5, 0.6) is 5.75 Å². The molecule has 1 saturated carbocycles. The zero-order valence-electron chi connectivity index (χ0n) is 15.0. The Kier molecular flexibility index (Phi) is 7.89. The number of benzene rings is 1. The van der Waals surface area contributed by atoms with Gasteiger partial charge in [0.15, 0.2) is 5.96 Å². The maximum Gasteiger partial charge on any atom is 0.196 e. The molecular formula is C19H31N3O2. The first-order valence-corrected chi connectivity index (χ1v) is 9.14. The summed E-state index contributed by atoms with van der Waals surface area (Å²) in [5.74, 6) is 1.11. The molecule has 0 amide bonds. The first-order chi connectivity index (χ1) is 11.7. The number of rotatable bonds is 7. The van der Waals surface area contributed by atoms with Gasteiger partial charge in [0.1, 0.15) is 5.75 Å². The summed E-state index contributed by atoms with van der Waals surface area (Å²) in [4.78, 5) is 4.70. The molecule has 3 N–H and O–H groups in total. The summed E-state index contributed by atoms with van der Waals surface area (Å²) >= 11 is 0. The first kappa shape index (κ1) is 18.6. The molecule has 134 valence electrons. The van der Waals surface area contributed by atoms with Crippen molar-refractivity contribution in [3.05, 3.63) is 23.8 Å². The number of nitrogens with one attached hydrogen (secondary N) is 2. The number of guanidine groups is 1. The number of phenols is 1. The predicted molar refractivity (Wildman–Crippen MR) is 99.9 cm³/mol. The molecule has 1 aliphatic rings. The summed E-state index contributed by atoms with van der Waals surface area (Å²) < 4.78 is 5.38. The largest absolute Gasteiger partial charge is 0.508 e. The van der Waals surface area contributed by atoms with E-state index in [1.807, 2.05) is 19.9 Å². The van der Waals surface area contributed by atoms with Crippen molar-refractivity contribution in [3.8, 4) is 5.75 Å². The van der Waals surface area contributed by atoms with Crippen molar-refractivity contribution in [1.29, 1.82) is 0 Å². The van der Waals surface area contributed by atoms with Crippen LogP contribution in [0, 0.1) is 6.92 Å². The summed E-state index contributed by atoms with van der Waals surface area (Å²) in [6.45, 7) is 6.22. The third-order valence-corrected chi connectivity index (χ3v) is 4.33. The van der Waals surface area contributed by atoms with Crippen LogP contribution in [0.3, 0.4) is 0 Å². The fourth-order valence-electron chi connectivity index (χ4n) is 2.98. The number of hydrogen-bond acceptors (Lipinski definition) is 3. The van der Waals surface area contributed by atoms with Crippen LogP contribution in [0.15, 0.2) is 23.2 Å². The standard InChI is InChI=1S/C19H31N3O2/c1-3-24-13-7-12-20-19(21-16-8-5-4-6-9-16)22-18-11-10-17(23)14-15(18)2/h10-11,14,16,23H,3-9,12-13H2,1-2H3,(H2,20,21,22). The molecule has 0 bridgehead atoms. The smallest absolute Gasteiger partial charge is 0.196 e. The summed E-state index contributed by atoms with van der Waals surface area (Å²) in [5, 5.41) is 16.5. The first-order valence-electron chi connectivity index (χ1n) is 9.14. The van der Waals surface area contributed by atoms with Crippen molar-refractivity contribution in [2.75, 3.05) is 25.1 Å². The Labute approximate surface area is 145 Å². The van der Waals surface area contributed by atoms with E-state index in [0.29, 0.717) is 6.04 Å². The maximum absolute atomic E-state index is 9.57. The number of ether oxygens (including phenoxy) is 1. The van der Waals surface area contributed by atoms with Gasteiger partial charge in [0.05, 0.1) is 0 Å². The second-order valence-electron chi connectivity index (χ2n) is 6.38. The number of phenolic OH excluding ortho intramolecular Hbond substituents is 1. The molecule has 1 fully saturated rings. The minimum atomic E-state index is 0.286. The van der Waals surface area contributed by atoms with Crippen LogP contribution >= 0.6 is 0 Å². The third kappa shape index (κ3) is 6.40. The highest BCUT2D eigenvalue weighted by molar-refractivity contribution is 5.94. The molecule has 0 aliphatic heterocycles. The van der Waals surface area contributed by atoms with Crippen molar-refractivity contribution >= 4 is 11.6 Å². The lowest BCUT2D eigenvalue weighted by Gasteiger charge is -2.25. The molecule has 1 aromatic carbocycles. The minimum absolute atomic E-state index is 0.286. The zero-order chi connectivity index (χ0) is 17.2. The van der Waals surface area contributed by atoms with Crippen molar-refractivity contribution < 1.29 is 9.84 Å². The van der Waals surface area contributed by atoms with Crippen LogP contribution in [0.2, 0.25) is 0 Å². The van der Waals surface area contributed by atoms with E-state index in [1.54, 1.807) is 12.1 Å². The van der Waals surface area contributed by atoms with Gasteiger partial charge in [0.25, 0.3) is 0 Å². The Bertz CT molecular complexity index is 525. The number of hydrogen-bond donors (Lipinski definition) is 3. The fraction of sp³-hybridized carbons (Fsp3) is 0.632. The topological polar surface area (TPSA) is 65.9 Å². The average Bonchev–Trinajstić information content (AvgIpc) is 2.58. The van der Waals surface area contributed by atoms with E-state index in [-0.39, 0.29) is 5.75 Å². The Morgan fingerprint density at radius 3 is 2.79 bits per heavy atom. The molecule has 5 heteroatoms. The Morgan fingerprint density at radius 1 is 1.29 bits per heavy atom. The molecule has 1 aromatic rings. The molecule has 1 aliphatic carbocycles. The summed E-state index contributed by atoms with van der Waals surface area (Å²) in [5.41, 5.74) is 1.97. The lowest BCUT2D eigenvalue weighted by atomic mass is 9.96. The number of aryl methyl sites for hydroxylation is 1. The lowest BCUT2D eigenvalue weighted by Crippen LogP contribution is -2.40. The quantitative estimate of drug-likeness (QED) is 0.307. The van der Waals surface area contributed by atoms with E-state index in [9.17, 15) is 5.11 Å². The molecule has 0 saturated heterocycles. The van der Waals surface area contributed by atoms with Crippen LogP contribution in [0.25, 0.3) is 0 Å². The molecule has 5 nitrogen and oxygen atoms in total. The number of aliphatic imine (C=N–C) groups is 1. The van der Waals surface area contributed by atoms with Crippen molar-refractivity contribution in [2.24, 2.45) is 4.99 Å². The SMILES string of the molecule is CCOCCCN=C(Nc1ccc(O)cc1C)NC1CCCCC1. The monoisotopic (exact) mass is 333 g/mol. The van der Waals surface area contributed by atoms with Gasteiger partial charge in [0, 0.05) is 31.5 Å². The summed E-state index contributed by atoms with van der Waals surface area (Å²) in [6, 6.07) is 5.84. The van der Waals surface area contributed by atoms with Crippen LogP contribution < -0.4 is 10.6 Å². The molecule has 0 unspecified atom stereocenters. The number of anilines is 1. The number of aromatic hydroxyl groups is 1. The third-order valence-electron chi connectivity index (χ3n) is 4.33. The van der Waals surface area contributed by atoms with Crippen LogP contribution in [-0.2, 0) is 4.74 Å². The van der Waals surface area contributed by atoms with Crippen molar-refractivity contribution in [3.63, 3.8) is 0 Å². The molecule has 0 radical (unpaired) electrons. The van der Waals surface area contributed by atoms with E-state index < -0.39 is 0 Å². The van der Waals surface area contributed by atoms with Crippen molar-refractivity contribution in [1.82, 2.24) is 5.32 Å². The highest BCUT2D eigenvalue weighted by atomic mass is 16.5. The van der Waals surface area contributed by atoms with Crippen LogP contribution in [-0.4, -0.2) is 36.9 Å². The summed E-state index contributed by atoms with van der Waals surface area (Å²) in [6.07, 6.45) is 7.23. The van der Waals surface area contributed by atoms with Gasteiger partial charge in [-0.1, -0.05) is 19.3 Å². The molecule has 0 heterocycles. The second kappa shape index (κ2) is 10.2. The lowest BCUT2D eigenvalue weighted by molar-refractivity contribution is 0.146. The van der Waals surface area contributed by atoms with E-state index in [2.05, 4.69) is 10.6 Å². The van der Waals surface area contributed by atoms with Gasteiger partial charge in [0.2, 0.25) is 0 Å². The molecule has 24 heavy (non-hydrogen) atoms. The molecule has 0 spiro atoms. The fourth-order valence-corrected chi connectivity index (χ4v) is 2.98. The molecule has 2 rings (SSSR count). The molecular weight excluding hydrogens is 302 g/mol. The Balaban J connectivity index is 1.98. The van der Waals surface area contributed by atoms with Gasteiger partial charge < -0.3 is 20.5 Å². The molecule has 0 aromatic heterocycles. The predicted octanol–water partition coefficient (Wildman–Crippen LogP) is 3.82. The van der Waals surface area contributed by atoms with Gasteiger partial charge in [-0.3, -0.25) is 4.99 Å². The average molecular weight is 333 g/mol. The normalized spacial score (nSPS) is 16.2. The van der Waals surface area contributed by atoms with E-state index in [0.717, 1.165) is 43.4 Å². The van der Waals surface area contributed by atoms with E-state index >= 15 is 0 Å². The van der Waals surface area contributed by atoms with E-state index in [4.69, 9.17) is 9.73 Å². The van der Waals surface area contributed by atoms with E-state index in [1.165, 1.54) is 32.1 Å². The van der Waals surface area contributed by atoms with Crippen molar-refractivity contribution in [2.45, 2.75) is 58.4 Å². The second-order valence-corrected chi connectivity index (χ2v) is 6.38. The van der Waals surface area contributed by atoms with Crippen LogP contribution in [0.1, 0.15) is 51.0 Å². The Morgan fingerprint density at radius 2 is 2.08 bits per heavy atom. The Hall–Kier alpha value is -1.75. The maximum atomic E-state index is 9.57. The van der Waals surface area contributed by atoms with Gasteiger partial charge in [-0.25, -0.2) is 0 Å². The minimum Gasteiger partial charge on any atom is -0.508 e. The summed E-state index contributed by atoms with van der Waals surface area (Å²) in [7, 11) is 0. The van der Waals surface area contributed by atoms with Gasteiger partial charge in [-0.2, -0.15) is 0 Å². The van der Waals surface area contributed by atoms with Gasteiger partial charge in [-0.05, 0) is 56.9 Å². The number of nitrogens with zero attached hydrogens (tertiary/aromatic N) is 1. The highest BCUT2D eigenvalue weighted by Gasteiger charge is 2.15. The zero-order valence-corrected chi connectivity index (χ0v) is 15.0. The van der Waals surface area contributed by atoms with Crippen LogP contribution in [0.4, 0.5) is 5.69 Å².